The SMILES string of the molecule is COC(=O)c1cc(S(=O)(=O)NCCSC2CCCCC2)ccc1Cl. The number of esters is 1. The summed E-state index contributed by atoms with van der Waals surface area (Å²) in [5.41, 5.74) is 0.0404. The van der Waals surface area contributed by atoms with Gasteiger partial charge in [-0.1, -0.05) is 30.9 Å². The summed E-state index contributed by atoms with van der Waals surface area (Å²) in [6, 6.07) is 4.01. The zero-order valence-corrected chi connectivity index (χ0v) is 16.0. The third-order valence-electron chi connectivity index (χ3n) is 3.95. The van der Waals surface area contributed by atoms with Gasteiger partial charge in [-0.25, -0.2) is 17.9 Å². The summed E-state index contributed by atoms with van der Waals surface area (Å²) < 4.78 is 31.9. The Hall–Kier alpha value is -0.760. The molecule has 24 heavy (non-hydrogen) atoms. The van der Waals surface area contributed by atoms with E-state index in [0.29, 0.717) is 11.8 Å². The second-order valence-electron chi connectivity index (χ2n) is 5.66. The second-order valence-corrected chi connectivity index (χ2v) is 9.24. The molecule has 0 bridgehead atoms. The molecule has 8 heteroatoms. The van der Waals surface area contributed by atoms with Crippen molar-refractivity contribution < 1.29 is 17.9 Å². The van der Waals surface area contributed by atoms with E-state index in [4.69, 9.17) is 11.6 Å². The second kappa shape index (κ2) is 9.08. The number of carbonyl (C=O) groups excluding carboxylic acids is 1. The lowest BCUT2D eigenvalue weighted by atomic mass is 10.0. The van der Waals surface area contributed by atoms with Crippen molar-refractivity contribution in [2.24, 2.45) is 0 Å². The number of thioether (sulfide) groups is 1. The standard InChI is InChI=1S/C16H22ClNO4S2/c1-22-16(19)14-11-13(7-8-15(14)17)24(20,21)18-9-10-23-12-5-3-2-4-6-12/h7-8,11-12,18H,2-6,9-10H2,1H3. The summed E-state index contributed by atoms with van der Waals surface area (Å²) in [5, 5.41) is 0.804. The molecule has 0 aromatic heterocycles. The van der Waals surface area contributed by atoms with Crippen LogP contribution in [0, 0.1) is 0 Å². The van der Waals surface area contributed by atoms with E-state index in [-0.39, 0.29) is 15.5 Å². The molecule has 0 aliphatic heterocycles. The lowest BCUT2D eigenvalue weighted by molar-refractivity contribution is 0.0600. The van der Waals surface area contributed by atoms with Gasteiger partial charge in [0.05, 0.1) is 22.6 Å². The van der Waals surface area contributed by atoms with E-state index in [1.54, 1.807) is 0 Å². The molecule has 134 valence electrons. The van der Waals surface area contributed by atoms with Gasteiger partial charge >= 0.3 is 5.97 Å². The fourth-order valence-corrected chi connectivity index (χ4v) is 5.26. The van der Waals surface area contributed by atoms with Crippen LogP contribution in [0.3, 0.4) is 0 Å². The van der Waals surface area contributed by atoms with Crippen molar-refractivity contribution in [2.75, 3.05) is 19.4 Å². The lowest BCUT2D eigenvalue weighted by Gasteiger charge is -2.20. The van der Waals surface area contributed by atoms with E-state index in [1.165, 1.54) is 57.4 Å². The van der Waals surface area contributed by atoms with Gasteiger partial charge in [0, 0.05) is 17.5 Å². The van der Waals surface area contributed by atoms with E-state index in [2.05, 4.69) is 9.46 Å². The van der Waals surface area contributed by atoms with Gasteiger partial charge in [0.25, 0.3) is 0 Å². The van der Waals surface area contributed by atoms with Crippen LogP contribution in [0.4, 0.5) is 0 Å². The monoisotopic (exact) mass is 391 g/mol. The highest BCUT2D eigenvalue weighted by molar-refractivity contribution is 8.00. The molecule has 1 aliphatic rings. The van der Waals surface area contributed by atoms with Crippen LogP contribution in [0.25, 0.3) is 0 Å². The number of hydrogen-bond acceptors (Lipinski definition) is 5. The minimum absolute atomic E-state index is 0.00923. The van der Waals surface area contributed by atoms with Crippen LogP contribution in [0.1, 0.15) is 42.5 Å². The van der Waals surface area contributed by atoms with Crippen LogP contribution in [0.5, 0.6) is 0 Å². The third-order valence-corrected chi connectivity index (χ3v) is 7.12. The van der Waals surface area contributed by atoms with Crippen molar-refractivity contribution in [1.82, 2.24) is 4.72 Å². The number of rotatable bonds is 7. The molecular weight excluding hydrogens is 370 g/mol. The maximum absolute atomic E-state index is 12.3. The average molecular weight is 392 g/mol. The van der Waals surface area contributed by atoms with Gasteiger partial charge in [-0.2, -0.15) is 11.8 Å². The number of sulfonamides is 1. The highest BCUT2D eigenvalue weighted by atomic mass is 35.5. The Morgan fingerprint density at radius 2 is 2.04 bits per heavy atom. The fraction of sp³-hybridized carbons (Fsp3) is 0.562. The molecule has 0 saturated heterocycles. The molecule has 0 atom stereocenters. The molecular formula is C16H22ClNO4S2. The molecule has 2 rings (SSSR count). The van der Waals surface area contributed by atoms with E-state index < -0.39 is 16.0 Å². The normalized spacial score (nSPS) is 16.1. The topological polar surface area (TPSA) is 72.5 Å². The maximum atomic E-state index is 12.3. The zero-order chi connectivity index (χ0) is 17.6. The highest BCUT2D eigenvalue weighted by Crippen LogP contribution is 2.28. The van der Waals surface area contributed by atoms with Crippen LogP contribution in [-0.4, -0.2) is 39.0 Å². The van der Waals surface area contributed by atoms with E-state index in [9.17, 15) is 13.2 Å². The van der Waals surface area contributed by atoms with E-state index in [0.717, 1.165) is 5.75 Å². The minimum Gasteiger partial charge on any atom is -0.465 e. The number of hydrogen-bond donors (Lipinski definition) is 1. The Bertz CT molecular complexity index is 673. The predicted octanol–water partition coefficient (Wildman–Crippen LogP) is 3.47. The fourth-order valence-electron chi connectivity index (χ4n) is 2.65. The average Bonchev–Trinajstić information content (AvgIpc) is 2.59. The Morgan fingerprint density at radius 3 is 2.71 bits per heavy atom. The lowest BCUT2D eigenvalue weighted by Crippen LogP contribution is -2.27. The van der Waals surface area contributed by atoms with Crippen LogP contribution >= 0.6 is 23.4 Å². The van der Waals surface area contributed by atoms with Gasteiger partial charge in [0.1, 0.15) is 0 Å². The van der Waals surface area contributed by atoms with E-state index in [1.807, 2.05) is 11.8 Å². The summed E-state index contributed by atoms with van der Waals surface area (Å²) in [4.78, 5) is 11.6. The van der Waals surface area contributed by atoms with Crippen molar-refractivity contribution >= 4 is 39.4 Å². The van der Waals surface area contributed by atoms with Crippen LogP contribution in [0.2, 0.25) is 5.02 Å². The van der Waals surface area contributed by atoms with Crippen molar-refractivity contribution in [3.05, 3.63) is 28.8 Å². The third kappa shape index (κ3) is 5.37. The molecule has 1 saturated carbocycles. The minimum atomic E-state index is -3.67. The molecule has 0 heterocycles. The highest BCUT2D eigenvalue weighted by Gasteiger charge is 2.19. The van der Waals surface area contributed by atoms with Crippen LogP contribution < -0.4 is 4.72 Å². The van der Waals surface area contributed by atoms with Gasteiger partial charge in [-0.05, 0) is 31.0 Å². The summed E-state index contributed by atoms with van der Waals surface area (Å²) in [5.74, 6) is 0.0753. The summed E-state index contributed by atoms with van der Waals surface area (Å²) >= 11 is 7.74. The van der Waals surface area contributed by atoms with Crippen LogP contribution in [0.15, 0.2) is 23.1 Å². The molecule has 1 aromatic rings. The molecule has 1 aliphatic carbocycles. The Morgan fingerprint density at radius 1 is 1.33 bits per heavy atom. The molecule has 0 radical (unpaired) electrons. The van der Waals surface area contributed by atoms with Crippen molar-refractivity contribution in [3.8, 4) is 0 Å². The summed E-state index contributed by atoms with van der Waals surface area (Å²) in [7, 11) is -2.45. The molecule has 1 N–H and O–H groups in total. The summed E-state index contributed by atoms with van der Waals surface area (Å²) in [6.07, 6.45) is 6.28. The molecule has 0 unspecified atom stereocenters. The number of carbonyl (C=O) groups is 1. The van der Waals surface area contributed by atoms with Gasteiger partial charge in [0.2, 0.25) is 10.0 Å². The van der Waals surface area contributed by atoms with Gasteiger partial charge < -0.3 is 4.74 Å². The van der Waals surface area contributed by atoms with Gasteiger partial charge in [0.15, 0.2) is 0 Å². The Kier molecular flexibility index (Phi) is 7.40. The van der Waals surface area contributed by atoms with Gasteiger partial charge in [-0.15, -0.1) is 0 Å². The first-order chi connectivity index (χ1) is 11.4. The van der Waals surface area contributed by atoms with E-state index >= 15 is 0 Å². The predicted molar refractivity (Wildman–Crippen MR) is 97.3 cm³/mol. The number of ether oxygens (including phenoxy) is 1. The van der Waals surface area contributed by atoms with Crippen LogP contribution in [-0.2, 0) is 14.8 Å². The molecule has 0 spiro atoms. The number of methoxy groups -OCH3 is 1. The first kappa shape index (κ1) is 19.6. The largest absolute Gasteiger partial charge is 0.465 e. The molecule has 1 aromatic carbocycles. The first-order valence-corrected chi connectivity index (χ1v) is 10.8. The van der Waals surface area contributed by atoms with Crippen molar-refractivity contribution in [1.29, 1.82) is 0 Å². The Balaban J connectivity index is 1.93. The van der Waals surface area contributed by atoms with Crippen molar-refractivity contribution in [2.45, 2.75) is 42.2 Å². The number of nitrogens with one attached hydrogen (secondary N) is 1. The van der Waals surface area contributed by atoms with Gasteiger partial charge in [-0.3, -0.25) is 0 Å². The molecule has 5 nitrogen and oxygen atoms in total. The first-order valence-electron chi connectivity index (χ1n) is 7.93. The quantitative estimate of drug-likeness (QED) is 0.569. The summed E-state index contributed by atoms with van der Waals surface area (Å²) in [6.45, 7) is 0.361. The molecule has 0 amide bonds. The zero-order valence-electron chi connectivity index (χ0n) is 13.6. The molecule has 1 fully saturated rings. The number of benzene rings is 1. The van der Waals surface area contributed by atoms with Crippen molar-refractivity contribution in [3.63, 3.8) is 0 Å². The smallest absolute Gasteiger partial charge is 0.339 e. The Labute approximate surface area is 152 Å². The number of halogens is 1. The maximum Gasteiger partial charge on any atom is 0.339 e.